The second-order valence-electron chi connectivity index (χ2n) is 5.77. The second-order valence-corrected chi connectivity index (χ2v) is 6.20. The Hall–Kier alpha value is -1.83. The minimum absolute atomic E-state index is 0.0201. The predicted octanol–water partition coefficient (Wildman–Crippen LogP) is 2.06. The number of cyclic esters (lactones) is 1. The number of carbonyl (C=O) groups excluding carboxylic acids is 1. The first-order valence-electron chi connectivity index (χ1n) is 7.64. The molecule has 0 bridgehead atoms. The third-order valence-corrected chi connectivity index (χ3v) is 4.44. The van der Waals surface area contributed by atoms with Crippen molar-refractivity contribution < 1.29 is 13.9 Å². The minimum Gasteiger partial charge on any atom is -0.447 e. The van der Waals surface area contributed by atoms with E-state index in [2.05, 4.69) is 22.5 Å². The van der Waals surface area contributed by atoms with Gasteiger partial charge < -0.3 is 19.8 Å². The number of halogens is 1. The molecule has 4 rings (SSSR count). The average molecular weight is 337 g/mol. The molecule has 2 N–H and O–H groups in total. The SMILES string of the molecule is CC1NCCNC1c1nc2cc(Cl)cc(N3CCOC3=O)c2o1. The van der Waals surface area contributed by atoms with E-state index in [1.165, 1.54) is 4.90 Å². The molecular weight excluding hydrogens is 320 g/mol. The summed E-state index contributed by atoms with van der Waals surface area (Å²) in [5.41, 5.74) is 1.80. The lowest BCUT2D eigenvalue weighted by atomic mass is 10.1. The van der Waals surface area contributed by atoms with E-state index in [9.17, 15) is 4.79 Å². The van der Waals surface area contributed by atoms with Crippen LogP contribution in [0.5, 0.6) is 0 Å². The molecule has 0 spiro atoms. The molecular formula is C15H17ClN4O3. The van der Waals surface area contributed by atoms with Gasteiger partial charge in [0.2, 0.25) is 5.89 Å². The van der Waals surface area contributed by atoms with E-state index in [4.69, 9.17) is 20.8 Å². The number of hydrogen-bond donors (Lipinski definition) is 2. The summed E-state index contributed by atoms with van der Waals surface area (Å²) in [7, 11) is 0. The van der Waals surface area contributed by atoms with Gasteiger partial charge in [0.1, 0.15) is 12.1 Å². The van der Waals surface area contributed by atoms with Crippen LogP contribution in [0.3, 0.4) is 0 Å². The Morgan fingerprint density at radius 3 is 2.91 bits per heavy atom. The molecule has 0 radical (unpaired) electrons. The van der Waals surface area contributed by atoms with Crippen LogP contribution in [-0.4, -0.2) is 43.4 Å². The number of benzene rings is 1. The van der Waals surface area contributed by atoms with Gasteiger partial charge in [-0.2, -0.15) is 0 Å². The van der Waals surface area contributed by atoms with Crippen molar-refractivity contribution in [1.82, 2.24) is 15.6 Å². The molecule has 2 atom stereocenters. The van der Waals surface area contributed by atoms with Gasteiger partial charge in [0.15, 0.2) is 5.58 Å². The maximum Gasteiger partial charge on any atom is 0.414 e. The van der Waals surface area contributed by atoms with E-state index >= 15 is 0 Å². The third-order valence-electron chi connectivity index (χ3n) is 4.22. The number of oxazole rings is 1. The first kappa shape index (κ1) is 14.7. The van der Waals surface area contributed by atoms with Gasteiger partial charge in [-0.1, -0.05) is 11.6 Å². The number of ether oxygens (including phenoxy) is 1. The van der Waals surface area contributed by atoms with Gasteiger partial charge in [0.25, 0.3) is 0 Å². The molecule has 3 heterocycles. The van der Waals surface area contributed by atoms with Crippen molar-refractivity contribution in [2.45, 2.75) is 19.0 Å². The number of anilines is 1. The van der Waals surface area contributed by atoms with E-state index in [1.54, 1.807) is 12.1 Å². The Balaban J connectivity index is 1.80. The van der Waals surface area contributed by atoms with Crippen LogP contribution in [0.2, 0.25) is 5.02 Å². The number of piperazine rings is 1. The standard InChI is InChI=1S/C15H17ClN4O3/c1-8-12(18-3-2-17-8)14-19-10-6-9(16)7-11(13(10)23-14)20-4-5-22-15(20)21/h6-8,12,17-18H,2-5H2,1H3. The lowest BCUT2D eigenvalue weighted by molar-refractivity contribution is 0.181. The van der Waals surface area contributed by atoms with Crippen molar-refractivity contribution in [2.24, 2.45) is 0 Å². The number of nitrogens with one attached hydrogen (secondary N) is 2. The van der Waals surface area contributed by atoms with Crippen LogP contribution in [0, 0.1) is 0 Å². The first-order valence-corrected chi connectivity index (χ1v) is 8.02. The molecule has 0 saturated carbocycles. The molecule has 2 unspecified atom stereocenters. The maximum absolute atomic E-state index is 11.9. The van der Waals surface area contributed by atoms with Gasteiger partial charge in [0.05, 0.1) is 18.3 Å². The van der Waals surface area contributed by atoms with Crippen LogP contribution in [-0.2, 0) is 4.74 Å². The quantitative estimate of drug-likeness (QED) is 0.874. The zero-order valence-corrected chi connectivity index (χ0v) is 13.4. The molecule has 1 aromatic heterocycles. The minimum atomic E-state index is -0.391. The number of fused-ring (bicyclic) bond motifs is 1. The summed E-state index contributed by atoms with van der Waals surface area (Å²) in [5, 5.41) is 7.30. The third kappa shape index (κ3) is 2.54. The molecule has 23 heavy (non-hydrogen) atoms. The Morgan fingerprint density at radius 2 is 2.17 bits per heavy atom. The number of carbonyl (C=O) groups is 1. The zero-order valence-electron chi connectivity index (χ0n) is 12.6. The molecule has 1 aromatic carbocycles. The van der Waals surface area contributed by atoms with Gasteiger partial charge in [-0.25, -0.2) is 9.78 Å². The monoisotopic (exact) mass is 336 g/mol. The fourth-order valence-corrected chi connectivity index (χ4v) is 3.27. The molecule has 2 fully saturated rings. The van der Waals surface area contributed by atoms with E-state index < -0.39 is 6.09 Å². The fraction of sp³-hybridized carbons (Fsp3) is 0.467. The lowest BCUT2D eigenvalue weighted by Gasteiger charge is -2.28. The Labute approximate surface area is 137 Å². The largest absolute Gasteiger partial charge is 0.447 e. The molecule has 1 amide bonds. The molecule has 2 saturated heterocycles. The first-order chi connectivity index (χ1) is 11.1. The van der Waals surface area contributed by atoms with Gasteiger partial charge in [-0.3, -0.25) is 4.90 Å². The van der Waals surface area contributed by atoms with Gasteiger partial charge in [-0.05, 0) is 19.1 Å². The summed E-state index contributed by atoms with van der Waals surface area (Å²) in [6.07, 6.45) is -0.391. The molecule has 2 aliphatic rings. The van der Waals surface area contributed by atoms with Crippen molar-refractivity contribution in [1.29, 1.82) is 0 Å². The fourth-order valence-electron chi connectivity index (χ4n) is 3.07. The van der Waals surface area contributed by atoms with Crippen molar-refractivity contribution in [3.05, 3.63) is 23.0 Å². The lowest BCUT2D eigenvalue weighted by Crippen LogP contribution is -2.49. The molecule has 122 valence electrons. The summed E-state index contributed by atoms with van der Waals surface area (Å²) < 4.78 is 11.0. The molecule has 2 aliphatic heterocycles. The van der Waals surface area contributed by atoms with E-state index in [-0.39, 0.29) is 12.1 Å². The summed E-state index contributed by atoms with van der Waals surface area (Å²) in [4.78, 5) is 18.0. The predicted molar refractivity (Wildman–Crippen MR) is 85.9 cm³/mol. The summed E-state index contributed by atoms with van der Waals surface area (Å²) in [5.74, 6) is 0.593. The van der Waals surface area contributed by atoms with Crippen molar-refractivity contribution in [3.8, 4) is 0 Å². The highest BCUT2D eigenvalue weighted by atomic mass is 35.5. The van der Waals surface area contributed by atoms with Crippen LogP contribution in [0.25, 0.3) is 11.1 Å². The molecule has 8 heteroatoms. The van der Waals surface area contributed by atoms with Crippen LogP contribution in [0.15, 0.2) is 16.5 Å². The average Bonchev–Trinajstić information content (AvgIpc) is 3.13. The Kier molecular flexibility index (Phi) is 3.63. The van der Waals surface area contributed by atoms with E-state index in [0.717, 1.165) is 13.1 Å². The molecule has 2 aromatic rings. The van der Waals surface area contributed by atoms with Gasteiger partial charge >= 0.3 is 6.09 Å². The number of hydrogen-bond acceptors (Lipinski definition) is 6. The maximum atomic E-state index is 11.9. The van der Waals surface area contributed by atoms with E-state index in [0.29, 0.717) is 40.9 Å². The summed E-state index contributed by atoms with van der Waals surface area (Å²) >= 11 is 6.19. The normalized spacial score (nSPS) is 25.1. The highest BCUT2D eigenvalue weighted by molar-refractivity contribution is 6.31. The van der Waals surface area contributed by atoms with E-state index in [1.807, 2.05) is 0 Å². The Bertz CT molecular complexity index is 763. The van der Waals surface area contributed by atoms with Crippen molar-refractivity contribution in [2.75, 3.05) is 31.1 Å². The van der Waals surface area contributed by atoms with Crippen LogP contribution in [0.4, 0.5) is 10.5 Å². The zero-order chi connectivity index (χ0) is 16.0. The summed E-state index contributed by atoms with van der Waals surface area (Å²) in [6.45, 7) is 4.68. The number of aromatic nitrogens is 1. The highest BCUT2D eigenvalue weighted by Gasteiger charge is 2.30. The van der Waals surface area contributed by atoms with Crippen LogP contribution >= 0.6 is 11.6 Å². The Morgan fingerprint density at radius 1 is 1.35 bits per heavy atom. The number of nitrogens with zero attached hydrogens (tertiary/aromatic N) is 2. The van der Waals surface area contributed by atoms with Gasteiger partial charge in [-0.15, -0.1) is 0 Å². The topological polar surface area (TPSA) is 79.6 Å². The molecule has 0 aliphatic carbocycles. The summed E-state index contributed by atoms with van der Waals surface area (Å²) in [6, 6.07) is 3.64. The van der Waals surface area contributed by atoms with Crippen LogP contribution < -0.4 is 15.5 Å². The van der Waals surface area contributed by atoms with Crippen molar-refractivity contribution in [3.63, 3.8) is 0 Å². The number of rotatable bonds is 2. The number of amides is 1. The van der Waals surface area contributed by atoms with Crippen LogP contribution in [0.1, 0.15) is 18.9 Å². The van der Waals surface area contributed by atoms with Gasteiger partial charge in [0, 0.05) is 24.2 Å². The highest BCUT2D eigenvalue weighted by Crippen LogP contribution is 2.34. The molecule has 7 nitrogen and oxygen atoms in total. The smallest absolute Gasteiger partial charge is 0.414 e. The van der Waals surface area contributed by atoms with Crippen molar-refractivity contribution >= 4 is 34.5 Å². The second kappa shape index (κ2) is 5.67.